The molecule has 0 spiro atoms. The van der Waals surface area contributed by atoms with Crippen molar-refractivity contribution in [2.75, 3.05) is 13.1 Å². The lowest BCUT2D eigenvalue weighted by Crippen LogP contribution is -2.39. The molecular formula is C22H35IN4O2S. The highest BCUT2D eigenvalue weighted by molar-refractivity contribution is 14.0. The van der Waals surface area contributed by atoms with Gasteiger partial charge in [0.05, 0.1) is 29.5 Å². The lowest BCUT2D eigenvalue weighted by Gasteiger charge is -2.16. The Morgan fingerprint density at radius 2 is 1.87 bits per heavy atom. The molecule has 0 bridgehead atoms. The van der Waals surface area contributed by atoms with Gasteiger partial charge in [-0.05, 0) is 38.5 Å². The lowest BCUT2D eigenvalue weighted by molar-refractivity contribution is 0.180. The number of benzene rings is 1. The first kappa shape index (κ1) is 26.6. The van der Waals surface area contributed by atoms with E-state index in [1.165, 1.54) is 0 Å². The number of aromatic nitrogens is 1. The third kappa shape index (κ3) is 8.77. The lowest BCUT2D eigenvalue weighted by atomic mass is 9.98. The summed E-state index contributed by atoms with van der Waals surface area (Å²) in [7, 11) is 0. The Hall–Kier alpha value is -1.39. The van der Waals surface area contributed by atoms with Gasteiger partial charge < -0.3 is 20.5 Å². The molecule has 1 aromatic carbocycles. The van der Waals surface area contributed by atoms with E-state index in [9.17, 15) is 5.11 Å². The standard InChI is InChI=1S/C22H34N4O2S.HI/c1-7-23-21(24-12-17-14-29-20(26-17)22(4,5)6)25-13-19(27)16-8-10-18(11-9-16)28-15(2)3;/h8-11,14-15,19,27H,7,12-13H2,1-6H3,(H2,23,24,25);1H. The van der Waals surface area contributed by atoms with Crippen LogP contribution in [0.15, 0.2) is 34.6 Å². The van der Waals surface area contributed by atoms with Gasteiger partial charge in [-0.2, -0.15) is 0 Å². The number of aliphatic hydroxyl groups is 1. The van der Waals surface area contributed by atoms with E-state index in [2.05, 4.69) is 46.8 Å². The highest BCUT2D eigenvalue weighted by atomic mass is 127. The summed E-state index contributed by atoms with van der Waals surface area (Å²) in [6.07, 6.45) is -0.512. The summed E-state index contributed by atoms with van der Waals surface area (Å²) in [5, 5.41) is 20.1. The average Bonchev–Trinajstić information content (AvgIpc) is 3.13. The maximum atomic E-state index is 10.5. The van der Waals surface area contributed by atoms with Crippen molar-refractivity contribution >= 4 is 41.3 Å². The third-order valence-electron chi connectivity index (χ3n) is 4.04. The van der Waals surface area contributed by atoms with Gasteiger partial charge in [-0.25, -0.2) is 9.98 Å². The molecule has 8 heteroatoms. The maximum Gasteiger partial charge on any atom is 0.191 e. The fraction of sp³-hybridized carbons (Fsp3) is 0.545. The van der Waals surface area contributed by atoms with E-state index < -0.39 is 6.10 Å². The van der Waals surface area contributed by atoms with Crippen LogP contribution in [-0.4, -0.2) is 35.2 Å². The van der Waals surface area contributed by atoms with Gasteiger partial charge in [0.2, 0.25) is 0 Å². The minimum atomic E-state index is -0.640. The number of aliphatic imine (C=N–C) groups is 1. The molecular weight excluding hydrogens is 511 g/mol. The second-order valence-corrected chi connectivity index (χ2v) is 9.08. The molecule has 0 aliphatic rings. The molecule has 3 N–H and O–H groups in total. The van der Waals surface area contributed by atoms with E-state index in [4.69, 9.17) is 4.74 Å². The number of halogens is 1. The predicted molar refractivity (Wildman–Crippen MR) is 136 cm³/mol. The van der Waals surface area contributed by atoms with Crippen molar-refractivity contribution in [3.63, 3.8) is 0 Å². The largest absolute Gasteiger partial charge is 0.491 e. The van der Waals surface area contributed by atoms with Crippen LogP contribution in [0.2, 0.25) is 0 Å². The summed E-state index contributed by atoms with van der Waals surface area (Å²) in [4.78, 5) is 9.28. The summed E-state index contributed by atoms with van der Waals surface area (Å²) in [6.45, 7) is 14.1. The SMILES string of the molecule is CCNC(=NCc1csc(C(C)(C)C)n1)NCC(O)c1ccc(OC(C)C)cc1.I. The van der Waals surface area contributed by atoms with Crippen LogP contribution in [0.1, 0.15) is 63.9 Å². The Balaban J connectivity index is 0.00000450. The topological polar surface area (TPSA) is 78.8 Å². The summed E-state index contributed by atoms with van der Waals surface area (Å²) in [5.41, 5.74) is 1.84. The summed E-state index contributed by atoms with van der Waals surface area (Å²) in [5.74, 6) is 1.47. The number of ether oxygens (including phenoxy) is 1. The van der Waals surface area contributed by atoms with Crippen LogP contribution in [0.3, 0.4) is 0 Å². The number of guanidine groups is 1. The molecule has 30 heavy (non-hydrogen) atoms. The second kappa shape index (κ2) is 12.5. The highest BCUT2D eigenvalue weighted by Gasteiger charge is 2.17. The Kier molecular flexibility index (Phi) is 11.1. The van der Waals surface area contributed by atoms with Crippen molar-refractivity contribution in [3.05, 3.63) is 45.9 Å². The van der Waals surface area contributed by atoms with Crippen molar-refractivity contribution in [2.24, 2.45) is 4.99 Å². The summed E-state index contributed by atoms with van der Waals surface area (Å²) in [6, 6.07) is 7.54. The monoisotopic (exact) mass is 546 g/mol. The molecule has 0 saturated heterocycles. The number of hydrogen-bond acceptors (Lipinski definition) is 5. The Morgan fingerprint density at radius 3 is 2.40 bits per heavy atom. The normalized spacial score (nSPS) is 13.0. The molecule has 2 rings (SSSR count). The molecule has 1 unspecified atom stereocenters. The molecule has 0 radical (unpaired) electrons. The van der Waals surface area contributed by atoms with Crippen molar-refractivity contribution < 1.29 is 9.84 Å². The minimum Gasteiger partial charge on any atom is -0.491 e. The summed E-state index contributed by atoms with van der Waals surface area (Å²) < 4.78 is 5.64. The first-order valence-corrected chi connectivity index (χ1v) is 11.0. The van der Waals surface area contributed by atoms with Gasteiger partial charge in [0.25, 0.3) is 0 Å². The molecule has 0 saturated carbocycles. The van der Waals surface area contributed by atoms with E-state index in [-0.39, 0.29) is 35.5 Å². The van der Waals surface area contributed by atoms with Crippen molar-refractivity contribution in [1.29, 1.82) is 0 Å². The molecule has 0 amide bonds. The van der Waals surface area contributed by atoms with E-state index >= 15 is 0 Å². The van der Waals surface area contributed by atoms with E-state index in [1.54, 1.807) is 11.3 Å². The third-order valence-corrected chi connectivity index (χ3v) is 5.35. The van der Waals surface area contributed by atoms with Crippen LogP contribution in [0, 0.1) is 0 Å². The smallest absolute Gasteiger partial charge is 0.191 e. The van der Waals surface area contributed by atoms with Gasteiger partial charge in [0.15, 0.2) is 5.96 Å². The van der Waals surface area contributed by atoms with Crippen LogP contribution in [0.4, 0.5) is 0 Å². The predicted octanol–water partition coefficient (Wildman–Crippen LogP) is 4.63. The summed E-state index contributed by atoms with van der Waals surface area (Å²) >= 11 is 1.67. The first-order chi connectivity index (χ1) is 13.7. The average molecular weight is 547 g/mol. The van der Waals surface area contributed by atoms with Gasteiger partial charge in [-0.1, -0.05) is 32.9 Å². The quantitative estimate of drug-likeness (QED) is 0.256. The maximum absolute atomic E-state index is 10.5. The van der Waals surface area contributed by atoms with Crippen molar-refractivity contribution in [1.82, 2.24) is 15.6 Å². The number of rotatable bonds is 8. The molecule has 6 nitrogen and oxygen atoms in total. The minimum absolute atomic E-state index is 0. The first-order valence-electron chi connectivity index (χ1n) is 10.1. The number of nitrogens with one attached hydrogen (secondary N) is 2. The zero-order valence-electron chi connectivity index (χ0n) is 18.7. The van der Waals surface area contributed by atoms with E-state index in [0.29, 0.717) is 19.0 Å². The van der Waals surface area contributed by atoms with Crippen LogP contribution < -0.4 is 15.4 Å². The van der Waals surface area contributed by atoms with Gasteiger partial charge in [0.1, 0.15) is 5.75 Å². The molecule has 168 valence electrons. The number of nitrogens with zero attached hydrogens (tertiary/aromatic N) is 2. The molecule has 0 aliphatic carbocycles. The molecule has 0 fully saturated rings. The van der Waals surface area contributed by atoms with E-state index in [0.717, 1.165) is 28.6 Å². The molecule has 2 aromatic rings. The Morgan fingerprint density at radius 1 is 1.20 bits per heavy atom. The van der Waals surface area contributed by atoms with E-state index in [1.807, 2.05) is 45.0 Å². The highest BCUT2D eigenvalue weighted by Crippen LogP contribution is 2.25. The van der Waals surface area contributed by atoms with Gasteiger partial charge in [-0.3, -0.25) is 0 Å². The molecule has 1 atom stereocenters. The fourth-order valence-electron chi connectivity index (χ4n) is 2.58. The van der Waals surface area contributed by atoms with Crippen LogP contribution in [0.25, 0.3) is 0 Å². The van der Waals surface area contributed by atoms with Crippen LogP contribution in [-0.2, 0) is 12.0 Å². The molecule has 1 aromatic heterocycles. The van der Waals surface area contributed by atoms with Crippen LogP contribution in [0.5, 0.6) is 5.75 Å². The van der Waals surface area contributed by atoms with Crippen molar-refractivity contribution in [2.45, 2.75) is 65.7 Å². The number of aliphatic hydroxyl groups excluding tert-OH is 1. The van der Waals surface area contributed by atoms with Gasteiger partial charge >= 0.3 is 0 Å². The number of hydrogen-bond donors (Lipinski definition) is 3. The molecule has 0 aliphatic heterocycles. The van der Waals surface area contributed by atoms with Crippen LogP contribution >= 0.6 is 35.3 Å². The van der Waals surface area contributed by atoms with Gasteiger partial charge in [-0.15, -0.1) is 35.3 Å². The zero-order valence-corrected chi connectivity index (χ0v) is 21.9. The molecule has 1 heterocycles. The van der Waals surface area contributed by atoms with Crippen molar-refractivity contribution in [3.8, 4) is 5.75 Å². The van der Waals surface area contributed by atoms with Gasteiger partial charge in [0, 0.05) is 23.9 Å². The Bertz CT molecular complexity index is 785. The fourth-order valence-corrected chi connectivity index (χ4v) is 3.48. The zero-order chi connectivity index (χ0) is 21.4. The number of thiazole rings is 1. The Labute approximate surface area is 201 Å². The second-order valence-electron chi connectivity index (χ2n) is 8.22.